The third-order valence-electron chi connectivity index (χ3n) is 4.49. The molecule has 7 nitrogen and oxygen atoms in total. The summed E-state index contributed by atoms with van der Waals surface area (Å²) in [5.74, 6) is -0.591. The molecular weight excluding hydrogens is 332 g/mol. The second kappa shape index (κ2) is 8.53. The summed E-state index contributed by atoms with van der Waals surface area (Å²) >= 11 is 0. The zero-order valence-corrected chi connectivity index (χ0v) is 14.5. The standard InChI is InChI=1S/C19H22N4O3/c24-18(12-17-20-7-2-8-21-17)22-16-4-1-3-14(11-16)13-23-9-5-15(6-10-23)19(25)26/h1-4,7-8,11,15H,5-6,9-10,12-13H2,(H,22,24)(H,25,26). The van der Waals surface area contributed by atoms with Crippen LogP contribution in [0, 0.1) is 5.92 Å². The lowest BCUT2D eigenvalue weighted by Gasteiger charge is -2.30. The fourth-order valence-corrected chi connectivity index (χ4v) is 3.11. The molecular formula is C19H22N4O3. The van der Waals surface area contributed by atoms with Gasteiger partial charge in [0, 0.05) is 24.6 Å². The minimum atomic E-state index is -0.697. The van der Waals surface area contributed by atoms with E-state index in [0.717, 1.165) is 30.9 Å². The molecule has 2 N–H and O–H groups in total. The molecule has 0 aliphatic carbocycles. The van der Waals surface area contributed by atoms with E-state index in [1.54, 1.807) is 18.5 Å². The number of nitrogens with zero attached hydrogens (tertiary/aromatic N) is 3. The van der Waals surface area contributed by atoms with Crippen molar-refractivity contribution in [1.29, 1.82) is 0 Å². The molecule has 0 spiro atoms. The summed E-state index contributed by atoms with van der Waals surface area (Å²) in [6, 6.07) is 9.44. The molecule has 0 radical (unpaired) electrons. The Morgan fingerprint density at radius 3 is 2.58 bits per heavy atom. The number of carbonyl (C=O) groups excluding carboxylic acids is 1. The maximum atomic E-state index is 12.1. The number of benzene rings is 1. The van der Waals surface area contributed by atoms with E-state index in [1.165, 1.54) is 0 Å². The van der Waals surface area contributed by atoms with Gasteiger partial charge in [-0.3, -0.25) is 14.5 Å². The van der Waals surface area contributed by atoms with E-state index in [9.17, 15) is 9.59 Å². The molecule has 136 valence electrons. The van der Waals surface area contributed by atoms with E-state index in [1.807, 2.05) is 24.3 Å². The van der Waals surface area contributed by atoms with Crippen LogP contribution in [0.4, 0.5) is 5.69 Å². The number of aromatic nitrogens is 2. The van der Waals surface area contributed by atoms with Crippen molar-refractivity contribution in [3.63, 3.8) is 0 Å². The molecule has 1 aromatic carbocycles. The number of carboxylic acids is 1. The molecule has 1 fully saturated rings. The van der Waals surface area contributed by atoms with Crippen molar-refractivity contribution in [2.45, 2.75) is 25.8 Å². The Morgan fingerprint density at radius 2 is 1.88 bits per heavy atom. The van der Waals surface area contributed by atoms with Crippen LogP contribution in [-0.4, -0.2) is 44.9 Å². The minimum absolute atomic E-state index is 0.133. The van der Waals surface area contributed by atoms with Crippen molar-refractivity contribution in [2.24, 2.45) is 5.92 Å². The van der Waals surface area contributed by atoms with Crippen molar-refractivity contribution in [3.05, 3.63) is 54.1 Å². The minimum Gasteiger partial charge on any atom is -0.481 e. The zero-order valence-electron chi connectivity index (χ0n) is 14.5. The summed E-state index contributed by atoms with van der Waals surface area (Å²) in [4.78, 5) is 33.5. The van der Waals surface area contributed by atoms with Crippen molar-refractivity contribution < 1.29 is 14.7 Å². The van der Waals surface area contributed by atoms with Gasteiger partial charge in [-0.05, 0) is 49.7 Å². The van der Waals surface area contributed by atoms with Crippen LogP contribution >= 0.6 is 0 Å². The lowest BCUT2D eigenvalue weighted by Crippen LogP contribution is -2.35. The fourth-order valence-electron chi connectivity index (χ4n) is 3.11. The number of carbonyl (C=O) groups is 2. The molecule has 1 saturated heterocycles. The molecule has 2 aromatic rings. The number of nitrogens with one attached hydrogen (secondary N) is 1. The highest BCUT2D eigenvalue weighted by Gasteiger charge is 2.24. The monoisotopic (exact) mass is 354 g/mol. The van der Waals surface area contributed by atoms with E-state index < -0.39 is 5.97 Å². The molecule has 1 aromatic heterocycles. The number of hydrogen-bond donors (Lipinski definition) is 2. The number of carboxylic acid groups (broad SMARTS) is 1. The fraction of sp³-hybridized carbons (Fsp3) is 0.368. The Bertz CT molecular complexity index is 758. The summed E-state index contributed by atoms with van der Waals surface area (Å²) in [6.07, 6.45) is 4.73. The van der Waals surface area contributed by atoms with Gasteiger partial charge in [-0.15, -0.1) is 0 Å². The Labute approximate surface area is 152 Å². The van der Waals surface area contributed by atoms with Crippen molar-refractivity contribution in [1.82, 2.24) is 14.9 Å². The topological polar surface area (TPSA) is 95.4 Å². The first-order chi connectivity index (χ1) is 12.6. The number of anilines is 1. The van der Waals surface area contributed by atoms with Crippen LogP contribution < -0.4 is 5.32 Å². The van der Waals surface area contributed by atoms with Crippen LogP contribution in [0.3, 0.4) is 0 Å². The number of likely N-dealkylation sites (tertiary alicyclic amines) is 1. The van der Waals surface area contributed by atoms with Gasteiger partial charge in [0.05, 0.1) is 12.3 Å². The quantitative estimate of drug-likeness (QED) is 0.823. The number of aliphatic carboxylic acids is 1. The number of hydrogen-bond acceptors (Lipinski definition) is 5. The lowest BCUT2D eigenvalue weighted by atomic mass is 9.97. The van der Waals surface area contributed by atoms with Crippen molar-refractivity contribution in [3.8, 4) is 0 Å². The predicted molar refractivity (Wildman–Crippen MR) is 96.4 cm³/mol. The Balaban J connectivity index is 1.53. The highest BCUT2D eigenvalue weighted by Crippen LogP contribution is 2.20. The van der Waals surface area contributed by atoms with Crippen LogP contribution in [0.2, 0.25) is 0 Å². The average molecular weight is 354 g/mol. The SMILES string of the molecule is O=C(Cc1ncccn1)Nc1cccc(CN2CCC(C(=O)O)CC2)c1. The van der Waals surface area contributed by atoms with Crippen LogP contribution in [-0.2, 0) is 22.6 Å². The molecule has 7 heteroatoms. The molecule has 26 heavy (non-hydrogen) atoms. The smallest absolute Gasteiger partial charge is 0.306 e. The summed E-state index contributed by atoms with van der Waals surface area (Å²) < 4.78 is 0. The summed E-state index contributed by atoms with van der Waals surface area (Å²) in [5, 5.41) is 11.9. The lowest BCUT2D eigenvalue weighted by molar-refractivity contribution is -0.143. The van der Waals surface area contributed by atoms with E-state index in [-0.39, 0.29) is 18.2 Å². The normalized spacial score (nSPS) is 15.5. The van der Waals surface area contributed by atoms with E-state index in [4.69, 9.17) is 5.11 Å². The van der Waals surface area contributed by atoms with Crippen LogP contribution in [0.25, 0.3) is 0 Å². The van der Waals surface area contributed by atoms with Gasteiger partial charge in [-0.25, -0.2) is 9.97 Å². The zero-order chi connectivity index (χ0) is 18.4. The van der Waals surface area contributed by atoms with Gasteiger partial charge >= 0.3 is 5.97 Å². The van der Waals surface area contributed by atoms with E-state index in [0.29, 0.717) is 18.7 Å². The molecule has 0 bridgehead atoms. The molecule has 1 amide bonds. The summed E-state index contributed by atoms with van der Waals surface area (Å²) in [6.45, 7) is 2.30. The van der Waals surface area contributed by atoms with Crippen molar-refractivity contribution >= 4 is 17.6 Å². The van der Waals surface area contributed by atoms with Gasteiger partial charge in [0.15, 0.2) is 0 Å². The average Bonchev–Trinajstić information content (AvgIpc) is 2.63. The molecule has 0 saturated carbocycles. The molecule has 0 atom stereocenters. The molecule has 0 unspecified atom stereocenters. The number of rotatable bonds is 6. The third kappa shape index (κ3) is 5.10. The second-order valence-electron chi connectivity index (χ2n) is 6.48. The van der Waals surface area contributed by atoms with Gasteiger partial charge < -0.3 is 10.4 Å². The first-order valence-corrected chi connectivity index (χ1v) is 8.70. The molecule has 3 rings (SSSR count). The largest absolute Gasteiger partial charge is 0.481 e. The molecule has 2 heterocycles. The van der Waals surface area contributed by atoms with E-state index in [2.05, 4.69) is 20.2 Å². The van der Waals surface area contributed by atoms with Gasteiger partial charge in [0.1, 0.15) is 5.82 Å². The summed E-state index contributed by atoms with van der Waals surface area (Å²) in [7, 11) is 0. The Kier molecular flexibility index (Phi) is 5.91. The van der Waals surface area contributed by atoms with Crippen LogP contribution in [0.5, 0.6) is 0 Å². The summed E-state index contributed by atoms with van der Waals surface area (Å²) in [5.41, 5.74) is 1.83. The highest BCUT2D eigenvalue weighted by molar-refractivity contribution is 5.91. The number of amides is 1. The van der Waals surface area contributed by atoms with Gasteiger partial charge in [-0.2, -0.15) is 0 Å². The maximum absolute atomic E-state index is 12.1. The molecule has 1 aliphatic rings. The Morgan fingerprint density at radius 1 is 1.15 bits per heavy atom. The van der Waals surface area contributed by atoms with Gasteiger partial charge in [-0.1, -0.05) is 12.1 Å². The third-order valence-corrected chi connectivity index (χ3v) is 4.49. The van der Waals surface area contributed by atoms with Gasteiger partial charge in [0.2, 0.25) is 5.91 Å². The Hall–Kier alpha value is -2.80. The number of piperidine rings is 1. The van der Waals surface area contributed by atoms with E-state index >= 15 is 0 Å². The van der Waals surface area contributed by atoms with Crippen molar-refractivity contribution in [2.75, 3.05) is 18.4 Å². The highest BCUT2D eigenvalue weighted by atomic mass is 16.4. The van der Waals surface area contributed by atoms with Gasteiger partial charge in [0.25, 0.3) is 0 Å². The molecule has 1 aliphatic heterocycles. The maximum Gasteiger partial charge on any atom is 0.306 e. The first kappa shape index (κ1) is 18.0. The van der Waals surface area contributed by atoms with Crippen LogP contribution in [0.15, 0.2) is 42.7 Å². The second-order valence-corrected chi connectivity index (χ2v) is 6.48. The van der Waals surface area contributed by atoms with Crippen LogP contribution in [0.1, 0.15) is 24.2 Å². The first-order valence-electron chi connectivity index (χ1n) is 8.70. The predicted octanol–water partition coefficient (Wildman–Crippen LogP) is 1.95.